The van der Waals surface area contributed by atoms with Gasteiger partial charge in [-0.15, -0.1) is 0 Å². The van der Waals surface area contributed by atoms with Crippen LogP contribution in [0.3, 0.4) is 0 Å². The summed E-state index contributed by atoms with van der Waals surface area (Å²) in [5, 5.41) is 0. The Bertz CT molecular complexity index is 1580. The summed E-state index contributed by atoms with van der Waals surface area (Å²) in [7, 11) is -3.67. The number of nitrogens with two attached hydrogens (primary N) is 1. The molecule has 1 heterocycles. The fourth-order valence-corrected chi connectivity index (χ4v) is 6.51. The van der Waals surface area contributed by atoms with Gasteiger partial charge in [-0.05, 0) is 53.8 Å². The van der Waals surface area contributed by atoms with E-state index in [0.29, 0.717) is 53.8 Å². The number of ether oxygens (including phenoxy) is 1. The van der Waals surface area contributed by atoms with Crippen LogP contribution >= 0.6 is 0 Å². The molecule has 1 aromatic heterocycles. The van der Waals surface area contributed by atoms with E-state index in [-0.39, 0.29) is 17.3 Å². The molecular formula is C30H29N3O5S. The third kappa shape index (κ3) is 6.26. The van der Waals surface area contributed by atoms with Gasteiger partial charge < -0.3 is 15.0 Å². The van der Waals surface area contributed by atoms with E-state index in [1.807, 2.05) is 41.1 Å². The summed E-state index contributed by atoms with van der Waals surface area (Å²) in [6.07, 6.45) is 6.54. The number of benzene rings is 3. The highest BCUT2D eigenvalue weighted by Gasteiger charge is 2.27. The minimum Gasteiger partial charge on any atom is -0.484 e. The number of Topliss-reactive ketones (excluding diaryl/α,β-unsaturated/α-hetero) is 1. The second-order valence-electron chi connectivity index (χ2n) is 9.72. The van der Waals surface area contributed by atoms with Crippen LogP contribution in [0.15, 0.2) is 85.5 Å². The molecule has 1 atom stereocenters. The van der Waals surface area contributed by atoms with Crippen molar-refractivity contribution in [3.63, 3.8) is 0 Å². The van der Waals surface area contributed by atoms with Crippen LogP contribution in [-0.4, -0.2) is 29.7 Å². The average molecular weight is 544 g/mol. The van der Waals surface area contributed by atoms with Crippen molar-refractivity contribution in [1.82, 2.24) is 9.55 Å². The van der Waals surface area contributed by atoms with E-state index in [1.165, 1.54) is 12.1 Å². The molecule has 8 nitrogen and oxygen atoms in total. The van der Waals surface area contributed by atoms with Gasteiger partial charge >= 0.3 is 0 Å². The summed E-state index contributed by atoms with van der Waals surface area (Å²) in [6.45, 7) is 0.471. The van der Waals surface area contributed by atoms with E-state index in [4.69, 9.17) is 10.5 Å². The van der Waals surface area contributed by atoms with Gasteiger partial charge in [-0.25, -0.2) is 13.4 Å². The number of imidazole rings is 1. The maximum Gasteiger partial charge on any atom is 0.248 e. The molecular weight excluding hydrogens is 514 g/mol. The Labute approximate surface area is 227 Å². The van der Waals surface area contributed by atoms with Crippen LogP contribution in [0, 0.1) is 0 Å². The third-order valence-corrected chi connectivity index (χ3v) is 8.39. The molecule has 0 saturated heterocycles. The van der Waals surface area contributed by atoms with Gasteiger partial charge in [-0.2, -0.15) is 0 Å². The van der Waals surface area contributed by atoms with E-state index >= 15 is 0 Å². The van der Waals surface area contributed by atoms with Crippen molar-refractivity contribution in [2.75, 3.05) is 0 Å². The zero-order valence-corrected chi connectivity index (χ0v) is 22.1. The minimum atomic E-state index is -3.67. The molecule has 0 spiro atoms. The van der Waals surface area contributed by atoms with Crippen LogP contribution in [-0.2, 0) is 34.3 Å². The van der Waals surface area contributed by atoms with Crippen LogP contribution < -0.4 is 10.5 Å². The number of nitrogens with zero attached hydrogens (tertiary/aromatic N) is 2. The fraction of sp³-hybridized carbons (Fsp3) is 0.233. The predicted molar refractivity (Wildman–Crippen MR) is 147 cm³/mol. The molecule has 200 valence electrons. The largest absolute Gasteiger partial charge is 0.484 e. The molecule has 0 saturated carbocycles. The second kappa shape index (κ2) is 11.2. The first-order valence-electron chi connectivity index (χ1n) is 12.7. The Morgan fingerprint density at radius 2 is 1.77 bits per heavy atom. The molecule has 9 heteroatoms. The fourth-order valence-electron chi connectivity index (χ4n) is 4.96. The standard InChI is InChI=1S/C30H29N3O5S/c31-30(35)23-11-9-21(10-12-23)18-39(36,37)19-26-24-7-4-8-27(34)25(24)13-14-28(26)38-29(17-33-16-15-32-20-33)22-5-2-1-3-6-22/h1-3,5-6,9-16,20,29H,4,7-8,17-19H2,(H2,31,35)/t29-/m1/s1. The molecule has 0 fully saturated rings. The zero-order valence-electron chi connectivity index (χ0n) is 21.3. The molecule has 1 aliphatic rings. The van der Waals surface area contributed by atoms with E-state index < -0.39 is 21.8 Å². The molecule has 1 amide bonds. The number of carbonyl (C=O) groups excluding carboxylic acids is 2. The van der Waals surface area contributed by atoms with Crippen LogP contribution in [0.1, 0.15) is 61.9 Å². The molecule has 3 aromatic carbocycles. The van der Waals surface area contributed by atoms with Gasteiger partial charge in [0, 0.05) is 35.5 Å². The van der Waals surface area contributed by atoms with Crippen LogP contribution in [0.4, 0.5) is 0 Å². The highest BCUT2D eigenvalue weighted by molar-refractivity contribution is 7.89. The van der Waals surface area contributed by atoms with Crippen molar-refractivity contribution in [2.45, 2.75) is 43.4 Å². The lowest BCUT2D eigenvalue weighted by molar-refractivity contribution is 0.0969. The lowest BCUT2D eigenvalue weighted by Gasteiger charge is -2.25. The maximum atomic E-state index is 13.5. The van der Waals surface area contributed by atoms with Crippen molar-refractivity contribution in [3.8, 4) is 5.75 Å². The van der Waals surface area contributed by atoms with E-state index in [1.54, 1.807) is 36.8 Å². The molecule has 0 radical (unpaired) electrons. The SMILES string of the molecule is NC(=O)c1ccc(CS(=O)(=O)Cc2c(O[C@H](Cn3ccnc3)c3ccccc3)ccc3c2CCCC3=O)cc1. The number of hydrogen-bond donors (Lipinski definition) is 1. The van der Waals surface area contributed by atoms with Crippen molar-refractivity contribution in [2.24, 2.45) is 5.73 Å². The van der Waals surface area contributed by atoms with Crippen LogP contribution in [0.5, 0.6) is 5.75 Å². The molecule has 0 bridgehead atoms. The number of rotatable bonds is 10. The van der Waals surface area contributed by atoms with Gasteiger partial charge in [0.25, 0.3) is 0 Å². The summed E-state index contributed by atoms with van der Waals surface area (Å²) < 4.78 is 35.4. The third-order valence-electron chi connectivity index (χ3n) is 6.88. The summed E-state index contributed by atoms with van der Waals surface area (Å²) in [5.41, 5.74) is 8.93. The lowest BCUT2D eigenvalue weighted by Crippen LogP contribution is -2.20. The smallest absolute Gasteiger partial charge is 0.248 e. The first-order valence-corrected chi connectivity index (χ1v) is 14.6. The number of aromatic nitrogens is 2. The van der Waals surface area contributed by atoms with E-state index in [0.717, 1.165) is 11.1 Å². The van der Waals surface area contributed by atoms with Crippen LogP contribution in [0.25, 0.3) is 0 Å². The minimum absolute atomic E-state index is 0.0153. The number of ketones is 1. The van der Waals surface area contributed by atoms with E-state index in [2.05, 4.69) is 4.98 Å². The second-order valence-corrected chi connectivity index (χ2v) is 11.8. The van der Waals surface area contributed by atoms with Crippen molar-refractivity contribution < 1.29 is 22.7 Å². The molecule has 4 aromatic rings. The topological polar surface area (TPSA) is 121 Å². The Kier molecular flexibility index (Phi) is 7.60. The predicted octanol–water partition coefficient (Wildman–Crippen LogP) is 4.44. The monoisotopic (exact) mass is 543 g/mol. The van der Waals surface area contributed by atoms with Gasteiger partial charge in [0.05, 0.1) is 24.4 Å². The normalized spacial score (nSPS) is 14.0. The Morgan fingerprint density at radius 1 is 1.00 bits per heavy atom. The Morgan fingerprint density at radius 3 is 2.46 bits per heavy atom. The number of fused-ring (bicyclic) bond motifs is 1. The maximum absolute atomic E-state index is 13.5. The van der Waals surface area contributed by atoms with Gasteiger partial charge in [0.2, 0.25) is 5.91 Å². The molecule has 39 heavy (non-hydrogen) atoms. The Hall–Kier alpha value is -4.24. The quantitative estimate of drug-likeness (QED) is 0.316. The molecule has 0 aliphatic heterocycles. The highest BCUT2D eigenvalue weighted by Crippen LogP contribution is 2.36. The van der Waals surface area contributed by atoms with Gasteiger partial charge in [0.15, 0.2) is 15.6 Å². The highest BCUT2D eigenvalue weighted by atomic mass is 32.2. The first kappa shape index (κ1) is 26.4. The van der Waals surface area contributed by atoms with Crippen molar-refractivity contribution in [1.29, 1.82) is 0 Å². The molecule has 1 aliphatic carbocycles. The molecule has 0 unspecified atom stereocenters. The van der Waals surface area contributed by atoms with Crippen molar-refractivity contribution >= 4 is 21.5 Å². The lowest BCUT2D eigenvalue weighted by atomic mass is 9.87. The first-order chi connectivity index (χ1) is 18.8. The number of carbonyl (C=O) groups is 2. The van der Waals surface area contributed by atoms with Gasteiger partial charge in [-0.1, -0.05) is 42.5 Å². The summed E-state index contributed by atoms with van der Waals surface area (Å²) in [4.78, 5) is 28.2. The average Bonchev–Trinajstić information content (AvgIpc) is 3.43. The molecule has 2 N–H and O–H groups in total. The summed E-state index contributed by atoms with van der Waals surface area (Å²) >= 11 is 0. The summed E-state index contributed by atoms with van der Waals surface area (Å²) in [5.74, 6) is -0.606. The Balaban J connectivity index is 1.50. The summed E-state index contributed by atoms with van der Waals surface area (Å²) in [6, 6.07) is 19.4. The van der Waals surface area contributed by atoms with Crippen molar-refractivity contribution in [3.05, 3.63) is 119 Å². The number of hydrogen-bond acceptors (Lipinski definition) is 6. The van der Waals surface area contributed by atoms with E-state index in [9.17, 15) is 18.0 Å². The number of primary amides is 1. The van der Waals surface area contributed by atoms with Crippen LogP contribution in [0.2, 0.25) is 0 Å². The molecule has 5 rings (SSSR count). The zero-order chi connectivity index (χ0) is 27.4. The van der Waals surface area contributed by atoms with Gasteiger partial charge in [0.1, 0.15) is 11.9 Å². The number of sulfone groups is 1. The van der Waals surface area contributed by atoms with Gasteiger partial charge in [-0.3, -0.25) is 9.59 Å². The number of amides is 1.